The van der Waals surface area contributed by atoms with Crippen molar-refractivity contribution in [2.24, 2.45) is 7.05 Å². The van der Waals surface area contributed by atoms with Gasteiger partial charge in [0, 0.05) is 27.3 Å². The molecule has 0 amide bonds. The summed E-state index contributed by atoms with van der Waals surface area (Å²) in [6.07, 6.45) is 0.874. The molecule has 0 bridgehead atoms. The Kier molecular flexibility index (Phi) is 6.19. The molecule has 0 aromatic carbocycles. The van der Waals surface area contributed by atoms with Gasteiger partial charge in [0.05, 0.1) is 18.9 Å². The van der Waals surface area contributed by atoms with Crippen LogP contribution in [0.15, 0.2) is 0 Å². The molecule has 0 aliphatic heterocycles. The molecule has 0 saturated heterocycles. The standard InChI is InChI=1S/C12H20N4O2/c1-10-11(9-13)12(16(2)15-10)14-5-4-6-18-8-7-17-3/h14H,4-8H2,1-3H3. The average molecular weight is 252 g/mol. The smallest absolute Gasteiger partial charge is 0.142 e. The first-order chi connectivity index (χ1) is 8.70. The lowest BCUT2D eigenvalue weighted by molar-refractivity contribution is 0.0705. The number of nitriles is 1. The predicted octanol–water partition coefficient (Wildman–Crippen LogP) is 1.07. The zero-order valence-corrected chi connectivity index (χ0v) is 11.2. The van der Waals surface area contributed by atoms with Crippen LogP contribution >= 0.6 is 0 Å². The Bertz CT molecular complexity index is 409. The van der Waals surface area contributed by atoms with Gasteiger partial charge in [0.25, 0.3) is 0 Å². The first-order valence-electron chi connectivity index (χ1n) is 5.95. The zero-order chi connectivity index (χ0) is 13.4. The summed E-state index contributed by atoms with van der Waals surface area (Å²) in [5.41, 5.74) is 1.36. The summed E-state index contributed by atoms with van der Waals surface area (Å²) in [6, 6.07) is 2.16. The summed E-state index contributed by atoms with van der Waals surface area (Å²) in [5.74, 6) is 0.770. The molecule has 1 heterocycles. The number of aromatic nitrogens is 2. The van der Waals surface area contributed by atoms with Crippen molar-refractivity contribution < 1.29 is 9.47 Å². The lowest BCUT2D eigenvalue weighted by Crippen LogP contribution is -2.11. The van der Waals surface area contributed by atoms with Crippen LogP contribution < -0.4 is 5.32 Å². The second-order valence-electron chi connectivity index (χ2n) is 3.93. The summed E-state index contributed by atoms with van der Waals surface area (Å²) in [7, 11) is 3.48. The number of nitrogens with one attached hydrogen (secondary N) is 1. The van der Waals surface area contributed by atoms with E-state index in [9.17, 15) is 0 Å². The van der Waals surface area contributed by atoms with Gasteiger partial charge in [-0.15, -0.1) is 0 Å². The zero-order valence-electron chi connectivity index (χ0n) is 11.2. The van der Waals surface area contributed by atoms with E-state index in [2.05, 4.69) is 16.5 Å². The Morgan fingerprint density at radius 2 is 2.17 bits per heavy atom. The molecule has 0 aliphatic carbocycles. The highest BCUT2D eigenvalue weighted by molar-refractivity contribution is 5.54. The minimum absolute atomic E-state index is 0.609. The fourth-order valence-electron chi connectivity index (χ4n) is 1.62. The molecule has 0 unspecified atom stereocenters. The van der Waals surface area contributed by atoms with Gasteiger partial charge in [-0.05, 0) is 13.3 Å². The Hall–Kier alpha value is -1.58. The maximum absolute atomic E-state index is 9.03. The molecule has 0 fully saturated rings. The Labute approximate surface area is 107 Å². The van der Waals surface area contributed by atoms with Crippen molar-refractivity contribution in [3.63, 3.8) is 0 Å². The fourth-order valence-corrected chi connectivity index (χ4v) is 1.62. The van der Waals surface area contributed by atoms with Crippen LogP contribution in [0.4, 0.5) is 5.82 Å². The van der Waals surface area contributed by atoms with E-state index in [0.29, 0.717) is 25.4 Å². The van der Waals surface area contributed by atoms with E-state index >= 15 is 0 Å². The van der Waals surface area contributed by atoms with Gasteiger partial charge < -0.3 is 14.8 Å². The number of anilines is 1. The van der Waals surface area contributed by atoms with Crippen LogP contribution in [0.2, 0.25) is 0 Å². The number of aryl methyl sites for hydroxylation is 2. The van der Waals surface area contributed by atoms with Crippen LogP contribution in [-0.2, 0) is 16.5 Å². The number of ether oxygens (including phenoxy) is 2. The Morgan fingerprint density at radius 1 is 1.39 bits per heavy atom. The van der Waals surface area contributed by atoms with E-state index in [4.69, 9.17) is 14.7 Å². The van der Waals surface area contributed by atoms with Crippen LogP contribution in [0.25, 0.3) is 0 Å². The molecule has 0 spiro atoms. The van der Waals surface area contributed by atoms with Crippen molar-refractivity contribution in [1.29, 1.82) is 5.26 Å². The molecule has 0 atom stereocenters. The minimum Gasteiger partial charge on any atom is -0.382 e. The highest BCUT2D eigenvalue weighted by atomic mass is 16.5. The highest BCUT2D eigenvalue weighted by Crippen LogP contribution is 2.16. The van der Waals surface area contributed by atoms with Crippen LogP contribution in [0.3, 0.4) is 0 Å². The van der Waals surface area contributed by atoms with Crippen molar-refractivity contribution in [2.75, 3.05) is 38.8 Å². The van der Waals surface area contributed by atoms with Gasteiger partial charge in [0.1, 0.15) is 17.5 Å². The predicted molar refractivity (Wildman–Crippen MR) is 68.5 cm³/mol. The molecule has 0 radical (unpaired) electrons. The van der Waals surface area contributed by atoms with Crippen LogP contribution in [0.1, 0.15) is 17.7 Å². The first kappa shape index (κ1) is 14.5. The van der Waals surface area contributed by atoms with E-state index in [0.717, 1.165) is 24.5 Å². The SMILES string of the molecule is COCCOCCCNc1c(C#N)c(C)nn1C. The topological polar surface area (TPSA) is 72.1 Å². The number of methoxy groups -OCH3 is 1. The van der Waals surface area contributed by atoms with Crippen molar-refractivity contribution in [3.8, 4) is 6.07 Å². The summed E-state index contributed by atoms with van der Waals surface area (Å²) in [6.45, 7) is 4.49. The maximum Gasteiger partial charge on any atom is 0.142 e. The molecule has 1 rings (SSSR count). The third kappa shape index (κ3) is 4.02. The first-order valence-corrected chi connectivity index (χ1v) is 5.95. The van der Waals surface area contributed by atoms with Crippen LogP contribution in [-0.4, -0.2) is 43.3 Å². The third-order valence-corrected chi connectivity index (χ3v) is 2.52. The highest BCUT2D eigenvalue weighted by Gasteiger charge is 2.11. The lowest BCUT2D eigenvalue weighted by Gasteiger charge is -2.07. The summed E-state index contributed by atoms with van der Waals surface area (Å²) >= 11 is 0. The van der Waals surface area contributed by atoms with Crippen molar-refractivity contribution in [3.05, 3.63) is 11.3 Å². The van der Waals surface area contributed by atoms with Gasteiger partial charge in [0.15, 0.2) is 0 Å². The van der Waals surface area contributed by atoms with Gasteiger partial charge in [-0.3, -0.25) is 4.68 Å². The van der Waals surface area contributed by atoms with Gasteiger partial charge in [0.2, 0.25) is 0 Å². The van der Waals surface area contributed by atoms with Crippen molar-refractivity contribution >= 4 is 5.82 Å². The third-order valence-electron chi connectivity index (χ3n) is 2.52. The molecule has 1 N–H and O–H groups in total. The van der Waals surface area contributed by atoms with Gasteiger partial charge in [-0.1, -0.05) is 0 Å². The summed E-state index contributed by atoms with van der Waals surface area (Å²) in [5, 5.41) is 16.4. The summed E-state index contributed by atoms with van der Waals surface area (Å²) in [4.78, 5) is 0. The molecule has 1 aromatic heterocycles. The van der Waals surface area contributed by atoms with Gasteiger partial charge in [-0.25, -0.2) is 0 Å². The Morgan fingerprint density at radius 3 is 2.83 bits per heavy atom. The second-order valence-corrected chi connectivity index (χ2v) is 3.93. The molecule has 0 aliphatic rings. The average Bonchev–Trinajstić information content (AvgIpc) is 2.62. The number of hydrogen-bond donors (Lipinski definition) is 1. The number of nitrogens with zero attached hydrogens (tertiary/aromatic N) is 3. The molecule has 6 nitrogen and oxygen atoms in total. The molecule has 6 heteroatoms. The Balaban J connectivity index is 2.30. The van der Waals surface area contributed by atoms with Crippen LogP contribution in [0.5, 0.6) is 0 Å². The largest absolute Gasteiger partial charge is 0.382 e. The van der Waals surface area contributed by atoms with E-state index in [1.165, 1.54) is 0 Å². The summed E-state index contributed by atoms with van der Waals surface area (Å²) < 4.78 is 11.9. The number of rotatable bonds is 8. The van der Waals surface area contributed by atoms with Crippen molar-refractivity contribution in [1.82, 2.24) is 9.78 Å². The quantitative estimate of drug-likeness (QED) is 0.700. The molecule has 100 valence electrons. The van der Waals surface area contributed by atoms with Crippen LogP contribution in [0, 0.1) is 18.3 Å². The molecule has 18 heavy (non-hydrogen) atoms. The van der Waals surface area contributed by atoms with Crippen molar-refractivity contribution in [2.45, 2.75) is 13.3 Å². The molecular weight excluding hydrogens is 232 g/mol. The molecule has 1 aromatic rings. The van der Waals surface area contributed by atoms with Gasteiger partial charge >= 0.3 is 0 Å². The molecular formula is C12H20N4O2. The van der Waals surface area contributed by atoms with E-state index in [1.807, 2.05) is 14.0 Å². The fraction of sp³-hybridized carbons (Fsp3) is 0.667. The number of hydrogen-bond acceptors (Lipinski definition) is 5. The maximum atomic E-state index is 9.03. The van der Waals surface area contributed by atoms with E-state index in [-0.39, 0.29) is 0 Å². The monoisotopic (exact) mass is 252 g/mol. The molecule has 0 saturated carbocycles. The van der Waals surface area contributed by atoms with E-state index < -0.39 is 0 Å². The lowest BCUT2D eigenvalue weighted by atomic mass is 10.2. The van der Waals surface area contributed by atoms with E-state index in [1.54, 1.807) is 11.8 Å². The minimum atomic E-state index is 0.609. The van der Waals surface area contributed by atoms with Gasteiger partial charge in [-0.2, -0.15) is 10.4 Å². The normalized spacial score (nSPS) is 10.3. The second kappa shape index (κ2) is 7.69.